The van der Waals surface area contributed by atoms with E-state index in [0.717, 1.165) is 23.8 Å². The largest absolute Gasteiger partial charge is 0.497 e. The fourth-order valence-corrected chi connectivity index (χ4v) is 13.0. The molecule has 5 atom stereocenters. The minimum Gasteiger partial charge on any atom is -0.497 e. The maximum absolute atomic E-state index is 15.2. The van der Waals surface area contributed by atoms with Crippen LogP contribution in [0.2, 0.25) is 18.6 Å². The monoisotopic (exact) mass is 745 g/mol. The van der Waals surface area contributed by atoms with Gasteiger partial charge in [0.15, 0.2) is 11.4 Å². The van der Waals surface area contributed by atoms with E-state index in [4.69, 9.17) is 18.9 Å². The molecule has 3 aromatic rings. The minimum absolute atomic E-state index is 0.0661. The molecule has 53 heavy (non-hydrogen) atoms. The summed E-state index contributed by atoms with van der Waals surface area (Å²) in [6.45, 7) is 7.40. The van der Waals surface area contributed by atoms with Crippen molar-refractivity contribution < 1.29 is 38.4 Å². The van der Waals surface area contributed by atoms with Crippen LogP contribution in [0.1, 0.15) is 51.0 Å². The lowest BCUT2D eigenvalue weighted by molar-refractivity contribution is -0.150. The second kappa shape index (κ2) is 15.5. The van der Waals surface area contributed by atoms with Gasteiger partial charge in [-0.15, -0.1) is 0 Å². The van der Waals surface area contributed by atoms with Crippen LogP contribution in [0.3, 0.4) is 0 Å². The number of pyridine rings is 1. The first-order valence-electron chi connectivity index (χ1n) is 18.4. The summed E-state index contributed by atoms with van der Waals surface area (Å²) in [5.74, 6) is -0.0716. The van der Waals surface area contributed by atoms with E-state index in [9.17, 15) is 19.5 Å². The van der Waals surface area contributed by atoms with E-state index in [-0.39, 0.29) is 66.0 Å². The molecule has 12 nitrogen and oxygen atoms in total. The van der Waals surface area contributed by atoms with Crippen molar-refractivity contribution >= 4 is 36.7 Å². The Morgan fingerprint density at radius 2 is 1.77 bits per heavy atom. The summed E-state index contributed by atoms with van der Waals surface area (Å²) in [6.07, 6.45) is 4.01. The lowest BCUT2D eigenvalue weighted by Crippen LogP contribution is -2.52. The van der Waals surface area contributed by atoms with Crippen LogP contribution in [0, 0.1) is 5.92 Å². The molecule has 4 heterocycles. The summed E-state index contributed by atoms with van der Waals surface area (Å²) in [5.41, 5.74) is -0.114. The normalized spacial score (nSPS) is 23.8. The summed E-state index contributed by atoms with van der Waals surface area (Å²) in [6, 6.07) is 16.7. The maximum Gasteiger partial charge on any atom is 0.305 e. The molecule has 0 radical (unpaired) electrons. The van der Waals surface area contributed by atoms with Crippen LogP contribution < -0.4 is 25.1 Å². The Labute approximate surface area is 311 Å². The first-order valence-corrected chi connectivity index (χ1v) is 21.5. The third-order valence-corrected chi connectivity index (χ3v) is 16.1. The Morgan fingerprint density at radius 3 is 2.45 bits per heavy atom. The number of nitrogens with zero attached hydrogens (tertiary/aromatic N) is 3. The third-order valence-electron chi connectivity index (χ3n) is 11.8. The molecule has 1 spiro atoms. The number of anilines is 1. The van der Waals surface area contributed by atoms with Gasteiger partial charge in [-0.05, 0) is 73.7 Å². The zero-order chi connectivity index (χ0) is 38.1. The van der Waals surface area contributed by atoms with Crippen LogP contribution in [0.25, 0.3) is 5.69 Å². The molecule has 284 valence electrons. The first-order chi connectivity index (χ1) is 25.4. The van der Waals surface area contributed by atoms with Crippen LogP contribution in [0.15, 0.2) is 65.6 Å². The number of ether oxygens (including phenoxy) is 4. The minimum atomic E-state index is -2.55. The molecular weight excluding hydrogens is 695 g/mol. The molecule has 6 rings (SSSR count). The average Bonchev–Trinajstić information content (AvgIpc) is 3.83. The van der Waals surface area contributed by atoms with Gasteiger partial charge in [0.05, 0.1) is 60.3 Å². The molecule has 2 fully saturated rings. The van der Waals surface area contributed by atoms with Crippen LogP contribution in [-0.2, 0) is 29.5 Å². The van der Waals surface area contributed by atoms with Crippen LogP contribution in [0.5, 0.6) is 11.5 Å². The Kier molecular flexibility index (Phi) is 11.2. The van der Waals surface area contributed by atoms with Gasteiger partial charge in [-0.1, -0.05) is 37.3 Å². The highest BCUT2D eigenvalue weighted by Crippen LogP contribution is 2.60. The molecule has 0 aliphatic carbocycles. The lowest BCUT2D eigenvalue weighted by atomic mass is 9.82. The molecule has 2 amide bonds. The summed E-state index contributed by atoms with van der Waals surface area (Å²) in [7, 11) is 1.89. The number of esters is 1. The van der Waals surface area contributed by atoms with Crippen molar-refractivity contribution in [1.82, 2.24) is 9.47 Å². The number of hydrogen-bond donors (Lipinski definition) is 1. The number of unbranched alkanes of at least 4 members (excludes halogenated alkanes) is 1. The van der Waals surface area contributed by atoms with Gasteiger partial charge >= 0.3 is 5.97 Å². The van der Waals surface area contributed by atoms with E-state index in [1.54, 1.807) is 35.2 Å². The molecule has 3 aliphatic rings. The number of hydrogen-bond acceptors (Lipinski definition) is 9. The molecule has 2 aromatic carbocycles. The molecule has 13 heteroatoms. The number of aromatic nitrogens is 1. The van der Waals surface area contributed by atoms with Gasteiger partial charge < -0.3 is 33.9 Å². The van der Waals surface area contributed by atoms with Crippen molar-refractivity contribution in [2.45, 2.75) is 81.8 Å². The van der Waals surface area contributed by atoms with Gasteiger partial charge in [0.2, 0.25) is 5.91 Å². The number of fused-ring (bicyclic) bond motifs is 2. The number of aliphatic hydroxyl groups excluding tert-OH is 1. The number of likely N-dealkylation sites (tertiary alicyclic amines) is 1. The number of carbonyl (C=O) groups excluding carboxylic acids is 3. The quantitative estimate of drug-likeness (QED) is 0.156. The molecule has 0 unspecified atom stereocenters. The fraction of sp³-hybridized carbons (Fsp3) is 0.500. The number of carbonyl (C=O) groups is 3. The third kappa shape index (κ3) is 6.78. The predicted molar refractivity (Wildman–Crippen MR) is 203 cm³/mol. The van der Waals surface area contributed by atoms with Gasteiger partial charge in [0.25, 0.3) is 11.5 Å². The van der Waals surface area contributed by atoms with E-state index >= 15 is 4.79 Å². The Morgan fingerprint density at radius 1 is 1.02 bits per heavy atom. The number of amides is 2. The van der Waals surface area contributed by atoms with Crippen molar-refractivity contribution in [3.8, 4) is 17.2 Å². The van der Waals surface area contributed by atoms with E-state index < -0.39 is 19.8 Å². The van der Waals surface area contributed by atoms with Crippen LogP contribution >= 0.6 is 0 Å². The van der Waals surface area contributed by atoms with Crippen molar-refractivity contribution in [2.75, 3.05) is 45.9 Å². The van der Waals surface area contributed by atoms with E-state index in [2.05, 4.69) is 32.2 Å². The molecule has 1 N–H and O–H groups in total. The zero-order valence-electron chi connectivity index (χ0n) is 31.5. The highest BCUT2D eigenvalue weighted by molar-refractivity contribution is 6.91. The molecule has 0 saturated carbocycles. The summed E-state index contributed by atoms with van der Waals surface area (Å²) < 4.78 is 24.3. The second-order valence-corrected chi connectivity index (χ2v) is 19.6. The van der Waals surface area contributed by atoms with E-state index in [1.807, 2.05) is 30.3 Å². The topological polar surface area (TPSA) is 137 Å². The summed E-state index contributed by atoms with van der Waals surface area (Å²) in [5, 5.41) is 11.2. The van der Waals surface area contributed by atoms with E-state index in [0.29, 0.717) is 42.9 Å². The van der Waals surface area contributed by atoms with Crippen LogP contribution in [-0.4, -0.2) is 93.6 Å². The maximum atomic E-state index is 15.2. The zero-order valence-corrected chi connectivity index (χ0v) is 32.5. The summed E-state index contributed by atoms with van der Waals surface area (Å²) >= 11 is 0. The first kappa shape index (κ1) is 38.3. The molecule has 1 aromatic heterocycles. The molecule has 0 bridgehead atoms. The Balaban J connectivity index is 1.47. The predicted octanol–water partition coefficient (Wildman–Crippen LogP) is 4.13. The van der Waals surface area contributed by atoms with Gasteiger partial charge in [-0.3, -0.25) is 23.7 Å². The molecular formula is C40H51N3O9Si. The van der Waals surface area contributed by atoms with Gasteiger partial charge in [-0.25, -0.2) is 0 Å². The van der Waals surface area contributed by atoms with E-state index in [1.165, 1.54) is 18.8 Å². The second-order valence-electron chi connectivity index (χ2n) is 14.9. The number of aliphatic hydroxyl groups is 1. The van der Waals surface area contributed by atoms with Gasteiger partial charge in [-0.2, -0.15) is 0 Å². The lowest BCUT2D eigenvalue weighted by Gasteiger charge is -2.37. The standard InChI is InChI=1S/C40H51N3O9Si/c1-26-37(53(5,6)30-17-15-29(49-2)16-18-30)34(24-35(45)41-21-9-11-28(41)25-44)52-40(26)31-23-27(42-22-10-12-33(50-3)38(42)47)14-19-32(31)43(39(40)48)20-8-7-13-36(46)51-4/h10,12,14-19,22-23,26,28,34,37,44H,7-9,11,13,20-21,24-25H2,1-6H3/t26-,28+,34+,37-,40+/m1/s1. The van der Waals surface area contributed by atoms with Gasteiger partial charge in [0.1, 0.15) is 5.75 Å². The SMILES string of the molecule is COC(=O)CCCCN1C(=O)[C@@]2(O[C@@H](CC(=O)N3CCC[C@H]3CO)[C@H]([Si](C)(C)c3ccc(OC)cc3)[C@H]2C)c2cc(-n3cccc(OC)c3=O)ccc21. The van der Waals surface area contributed by atoms with Crippen molar-refractivity contribution in [2.24, 2.45) is 5.92 Å². The highest BCUT2D eigenvalue weighted by Gasteiger charge is 2.66. The summed E-state index contributed by atoms with van der Waals surface area (Å²) in [4.78, 5) is 58.1. The number of methoxy groups -OCH3 is 3. The Hall–Kier alpha value is -4.46. The number of rotatable bonds is 13. The van der Waals surface area contributed by atoms with Gasteiger partial charge in [0, 0.05) is 42.9 Å². The smallest absolute Gasteiger partial charge is 0.305 e. The average molecular weight is 746 g/mol. The molecule has 3 aliphatic heterocycles. The van der Waals surface area contributed by atoms with Crippen molar-refractivity contribution in [1.29, 1.82) is 0 Å². The van der Waals surface area contributed by atoms with Crippen molar-refractivity contribution in [3.63, 3.8) is 0 Å². The fourth-order valence-electron chi connectivity index (χ4n) is 8.99. The van der Waals surface area contributed by atoms with Crippen LogP contribution in [0.4, 0.5) is 5.69 Å². The van der Waals surface area contributed by atoms with Crippen molar-refractivity contribution in [3.05, 3.63) is 76.7 Å². The highest BCUT2D eigenvalue weighted by atomic mass is 28.3. The Bertz CT molecular complexity index is 1900. The number of benzene rings is 2. The molecule has 2 saturated heterocycles.